The lowest BCUT2D eigenvalue weighted by Gasteiger charge is -2.27. The summed E-state index contributed by atoms with van der Waals surface area (Å²) in [6.45, 7) is 10.6. The topological polar surface area (TPSA) is 38.2 Å². The maximum absolute atomic E-state index is 5.97. The van der Waals surface area contributed by atoms with Crippen LogP contribution >= 0.6 is 0 Å². The molecule has 1 saturated heterocycles. The van der Waals surface area contributed by atoms with Gasteiger partial charge in [-0.15, -0.1) is 0 Å². The number of anilines is 1. The van der Waals surface area contributed by atoms with E-state index < -0.39 is 0 Å². The van der Waals surface area contributed by atoms with E-state index >= 15 is 0 Å². The molecule has 0 N–H and O–H groups in total. The van der Waals surface area contributed by atoms with E-state index in [9.17, 15) is 0 Å². The molecule has 2 aromatic rings. The van der Waals surface area contributed by atoms with Crippen LogP contribution in [0.5, 0.6) is 5.75 Å². The highest BCUT2D eigenvalue weighted by Crippen LogP contribution is 2.32. The van der Waals surface area contributed by atoms with E-state index in [-0.39, 0.29) is 6.10 Å². The predicted octanol–water partition coefficient (Wildman–Crippen LogP) is 4.86. The van der Waals surface area contributed by atoms with Gasteiger partial charge in [-0.1, -0.05) is 13.8 Å². The molecule has 2 heterocycles. The molecule has 0 unspecified atom stereocenters. The molecule has 0 atom stereocenters. The second-order valence-electron chi connectivity index (χ2n) is 7.19. The fourth-order valence-corrected chi connectivity index (χ4v) is 3.18. The first-order valence-electron chi connectivity index (χ1n) is 9.24. The molecule has 3 rings (SSSR count). The van der Waals surface area contributed by atoms with Crippen molar-refractivity contribution < 1.29 is 4.74 Å². The molecule has 1 aliphatic heterocycles. The Morgan fingerprint density at radius 3 is 2.44 bits per heavy atom. The lowest BCUT2D eigenvalue weighted by Crippen LogP contribution is -2.30. The Hall–Kier alpha value is -2.10. The molecule has 0 amide bonds. The van der Waals surface area contributed by atoms with Crippen molar-refractivity contribution in [2.75, 3.05) is 18.0 Å². The van der Waals surface area contributed by atoms with Gasteiger partial charge < -0.3 is 9.64 Å². The van der Waals surface area contributed by atoms with Gasteiger partial charge >= 0.3 is 0 Å². The largest absolute Gasteiger partial charge is 0.491 e. The Balaban J connectivity index is 1.92. The monoisotopic (exact) mass is 338 g/mol. The number of benzene rings is 1. The Morgan fingerprint density at radius 1 is 1.00 bits per heavy atom. The van der Waals surface area contributed by atoms with Crippen LogP contribution in [0.15, 0.2) is 30.6 Å². The minimum Gasteiger partial charge on any atom is -0.491 e. The summed E-state index contributed by atoms with van der Waals surface area (Å²) < 4.78 is 5.97. The average Bonchev–Trinajstić information content (AvgIpc) is 2.62. The quantitative estimate of drug-likeness (QED) is 0.780. The van der Waals surface area contributed by atoms with Gasteiger partial charge in [-0.25, -0.2) is 9.97 Å². The predicted molar refractivity (Wildman–Crippen MR) is 103 cm³/mol. The molecule has 1 aliphatic rings. The van der Waals surface area contributed by atoms with Gasteiger partial charge in [-0.2, -0.15) is 0 Å². The smallest absolute Gasteiger partial charge is 0.132 e. The Kier molecular flexibility index (Phi) is 5.57. The van der Waals surface area contributed by atoms with Gasteiger partial charge in [0.1, 0.15) is 17.9 Å². The van der Waals surface area contributed by atoms with E-state index in [2.05, 4.69) is 73.2 Å². The van der Waals surface area contributed by atoms with Crippen molar-refractivity contribution >= 4 is 5.82 Å². The summed E-state index contributed by atoms with van der Waals surface area (Å²) in [5, 5.41) is 0. The van der Waals surface area contributed by atoms with Crippen molar-refractivity contribution in [2.45, 2.75) is 52.6 Å². The first-order chi connectivity index (χ1) is 12.0. The lowest BCUT2D eigenvalue weighted by molar-refractivity contribution is 0.239. The fourth-order valence-electron chi connectivity index (χ4n) is 3.18. The van der Waals surface area contributed by atoms with Gasteiger partial charge in [0.05, 0.1) is 11.8 Å². The maximum Gasteiger partial charge on any atom is 0.132 e. The van der Waals surface area contributed by atoms with Crippen molar-refractivity contribution in [1.29, 1.82) is 0 Å². The number of ether oxygens (including phenoxy) is 1. The Bertz CT molecular complexity index is 706. The van der Waals surface area contributed by atoms with Crippen LogP contribution in [0.3, 0.4) is 0 Å². The van der Waals surface area contributed by atoms with E-state index in [1.165, 1.54) is 5.56 Å². The third kappa shape index (κ3) is 4.30. The van der Waals surface area contributed by atoms with Gasteiger partial charge in [0, 0.05) is 24.7 Å². The molecule has 0 spiro atoms. The molecule has 0 bridgehead atoms. The number of piperidine rings is 1. The van der Waals surface area contributed by atoms with E-state index in [4.69, 9.17) is 4.74 Å². The molecular formula is C21H28N3O. The van der Waals surface area contributed by atoms with E-state index in [0.717, 1.165) is 48.8 Å². The highest BCUT2D eigenvalue weighted by molar-refractivity contribution is 5.65. The molecule has 1 radical (unpaired) electrons. The summed E-state index contributed by atoms with van der Waals surface area (Å²) in [6.07, 6.45) is 6.44. The number of rotatable bonds is 5. The minimum absolute atomic E-state index is 0.171. The lowest BCUT2D eigenvalue weighted by atomic mass is 9.98. The zero-order valence-corrected chi connectivity index (χ0v) is 15.7. The molecular weight excluding hydrogens is 310 g/mol. The highest BCUT2D eigenvalue weighted by Gasteiger charge is 2.15. The second-order valence-corrected chi connectivity index (χ2v) is 7.19. The normalized spacial score (nSPS) is 15.0. The average molecular weight is 338 g/mol. The summed E-state index contributed by atoms with van der Waals surface area (Å²) in [7, 11) is 0. The highest BCUT2D eigenvalue weighted by atomic mass is 16.5. The number of nitrogens with zero attached hydrogens (tertiary/aromatic N) is 3. The van der Waals surface area contributed by atoms with Crippen LogP contribution in [0, 0.1) is 6.42 Å². The number of hydrogen-bond acceptors (Lipinski definition) is 4. The molecule has 1 aromatic carbocycles. The molecule has 0 saturated carbocycles. The molecule has 1 aromatic heterocycles. The first kappa shape index (κ1) is 17.7. The first-order valence-corrected chi connectivity index (χ1v) is 9.24. The summed E-state index contributed by atoms with van der Waals surface area (Å²) in [4.78, 5) is 11.3. The molecule has 4 nitrogen and oxygen atoms in total. The second kappa shape index (κ2) is 7.85. The Labute approximate surface area is 151 Å². The third-order valence-corrected chi connectivity index (χ3v) is 4.47. The van der Waals surface area contributed by atoms with Crippen LogP contribution in [-0.4, -0.2) is 29.2 Å². The van der Waals surface area contributed by atoms with Gasteiger partial charge in [-0.05, 0) is 62.8 Å². The number of aromatic nitrogens is 2. The third-order valence-electron chi connectivity index (χ3n) is 4.47. The van der Waals surface area contributed by atoms with Crippen LogP contribution in [0.25, 0.3) is 11.3 Å². The van der Waals surface area contributed by atoms with Crippen LogP contribution in [-0.2, 0) is 0 Å². The van der Waals surface area contributed by atoms with Crippen LogP contribution in [0.1, 0.15) is 52.0 Å². The molecule has 4 heteroatoms. The zero-order valence-electron chi connectivity index (χ0n) is 15.7. The Morgan fingerprint density at radius 2 is 1.76 bits per heavy atom. The summed E-state index contributed by atoms with van der Waals surface area (Å²) in [5.74, 6) is 2.38. The summed E-state index contributed by atoms with van der Waals surface area (Å²) in [5.41, 5.74) is 3.31. The van der Waals surface area contributed by atoms with Gasteiger partial charge in [0.25, 0.3) is 0 Å². The maximum atomic E-state index is 5.97. The van der Waals surface area contributed by atoms with Crippen molar-refractivity contribution in [3.8, 4) is 17.0 Å². The molecule has 25 heavy (non-hydrogen) atoms. The fraction of sp³-hybridized carbons (Fsp3) is 0.476. The van der Waals surface area contributed by atoms with E-state index in [0.29, 0.717) is 5.92 Å². The van der Waals surface area contributed by atoms with Gasteiger partial charge in [0.15, 0.2) is 0 Å². The van der Waals surface area contributed by atoms with Crippen molar-refractivity contribution in [2.24, 2.45) is 0 Å². The molecule has 133 valence electrons. The minimum atomic E-state index is 0.171. The van der Waals surface area contributed by atoms with Crippen molar-refractivity contribution in [3.05, 3.63) is 42.6 Å². The van der Waals surface area contributed by atoms with E-state index in [1.807, 2.05) is 0 Å². The van der Waals surface area contributed by atoms with Crippen LogP contribution in [0.2, 0.25) is 0 Å². The summed E-state index contributed by atoms with van der Waals surface area (Å²) in [6, 6.07) is 8.48. The summed E-state index contributed by atoms with van der Waals surface area (Å²) >= 11 is 0. The molecule has 0 aliphatic carbocycles. The standard InChI is InChI=1S/C21H28N3O/c1-15(2)18-12-17(8-9-20(18)25-16(3)4)19-13-21(23-14-22-19)24-10-6-5-7-11-24/h5,8-9,12-16H,6-7,10-11H2,1-4H3. The van der Waals surface area contributed by atoms with E-state index in [1.54, 1.807) is 6.33 Å². The molecule has 1 fully saturated rings. The van der Waals surface area contributed by atoms with Gasteiger partial charge in [0.2, 0.25) is 0 Å². The van der Waals surface area contributed by atoms with Crippen molar-refractivity contribution in [1.82, 2.24) is 9.97 Å². The SMILES string of the molecule is CC(C)Oc1ccc(-c2cc(N3CC[CH]CC3)ncn2)cc1C(C)C. The van der Waals surface area contributed by atoms with Gasteiger partial charge in [-0.3, -0.25) is 0 Å². The van der Waals surface area contributed by atoms with Crippen molar-refractivity contribution in [3.63, 3.8) is 0 Å². The van der Waals surface area contributed by atoms with Crippen LogP contribution in [0.4, 0.5) is 5.82 Å². The van der Waals surface area contributed by atoms with Crippen LogP contribution < -0.4 is 9.64 Å². The zero-order chi connectivity index (χ0) is 17.8. The number of hydrogen-bond donors (Lipinski definition) is 0.